The van der Waals surface area contributed by atoms with E-state index in [1.807, 2.05) is 0 Å². The monoisotopic (exact) mass is 268 g/mol. The molecule has 0 bridgehead atoms. The minimum absolute atomic E-state index is 0. The molecule has 0 saturated heterocycles. The summed E-state index contributed by atoms with van der Waals surface area (Å²) in [5.74, 6) is 0. The molecule has 0 heterocycles. The van der Waals surface area contributed by atoms with E-state index in [1.54, 1.807) is 0 Å². The molecular weight excluding hydrogens is 259 g/mol. The molecule has 0 saturated carbocycles. The Bertz CT molecular complexity index is 222. The summed E-state index contributed by atoms with van der Waals surface area (Å²) in [5, 5.41) is 0. The second kappa shape index (κ2) is 9.10. The van der Waals surface area contributed by atoms with Crippen molar-refractivity contribution in [3.8, 4) is 0 Å². The van der Waals surface area contributed by atoms with Crippen LogP contribution in [0.2, 0.25) is 0 Å². The molecule has 0 aromatic carbocycles. The molecule has 4 N–H and O–H groups in total. The maximum atomic E-state index is 8.74. The summed E-state index contributed by atoms with van der Waals surface area (Å²) in [6.45, 7) is 0. The van der Waals surface area contributed by atoms with Gasteiger partial charge in [0.2, 0.25) is 0 Å². The SMILES string of the molecule is O=S(=O)(O)O.O=S(=O)(O)O.[AlH3].[Ca+2].[H-].[H-]. The third-order valence-corrected chi connectivity index (χ3v) is 0. The number of hydrogen-bond acceptors (Lipinski definition) is 4. The van der Waals surface area contributed by atoms with Crippen molar-refractivity contribution in [2.24, 2.45) is 0 Å². The smallest absolute Gasteiger partial charge is 1.00 e. The van der Waals surface area contributed by atoms with Crippen LogP contribution in [-0.4, -0.2) is 90.1 Å². The molecular formula is H9AlCaO8S2. The van der Waals surface area contributed by atoms with Crippen molar-refractivity contribution in [1.29, 1.82) is 0 Å². The summed E-state index contributed by atoms with van der Waals surface area (Å²) >= 11 is 0. The first kappa shape index (κ1) is 23.4. The zero-order chi connectivity index (χ0) is 9.00. The number of rotatable bonds is 0. The maximum absolute atomic E-state index is 8.74. The minimum Gasteiger partial charge on any atom is -1.00 e. The van der Waals surface area contributed by atoms with E-state index < -0.39 is 20.8 Å². The second-order valence-corrected chi connectivity index (χ2v) is 2.69. The molecule has 0 aromatic heterocycles. The molecule has 12 heteroatoms. The van der Waals surface area contributed by atoms with Gasteiger partial charge in [-0.05, 0) is 0 Å². The molecule has 12 heavy (non-hydrogen) atoms. The van der Waals surface area contributed by atoms with E-state index in [0.717, 1.165) is 0 Å². The van der Waals surface area contributed by atoms with E-state index in [0.29, 0.717) is 0 Å². The van der Waals surface area contributed by atoms with Crippen LogP contribution in [0.4, 0.5) is 0 Å². The van der Waals surface area contributed by atoms with Gasteiger partial charge in [-0.25, -0.2) is 0 Å². The van der Waals surface area contributed by atoms with Crippen molar-refractivity contribution in [2.45, 2.75) is 0 Å². The van der Waals surface area contributed by atoms with E-state index in [9.17, 15) is 0 Å². The zero-order valence-electron chi connectivity index (χ0n) is 6.95. The van der Waals surface area contributed by atoms with Crippen LogP contribution >= 0.6 is 0 Å². The van der Waals surface area contributed by atoms with Crippen LogP contribution in [-0.2, 0) is 20.8 Å². The molecule has 0 aromatic rings. The van der Waals surface area contributed by atoms with Gasteiger partial charge in [0, 0.05) is 0 Å². The topological polar surface area (TPSA) is 149 Å². The summed E-state index contributed by atoms with van der Waals surface area (Å²) in [5.41, 5.74) is 0. The van der Waals surface area contributed by atoms with Crippen molar-refractivity contribution < 1.29 is 37.9 Å². The molecule has 0 rings (SSSR count). The summed E-state index contributed by atoms with van der Waals surface area (Å²) in [6, 6.07) is 0. The van der Waals surface area contributed by atoms with Crippen molar-refractivity contribution in [2.75, 3.05) is 0 Å². The average Bonchev–Trinajstić information content (AvgIpc) is 1.12. The standard InChI is InChI=1S/Al.Ca.2H2O4S.5H/c;;2*1-5(2,3)4;;;;;/h;;2*(H2,1,2,3,4);;;;;/q;+2;;;;;;2*-1. The first-order valence-corrected chi connectivity index (χ1v) is 4.19. The average molecular weight is 268 g/mol. The molecule has 0 radical (unpaired) electrons. The normalized spacial score (nSPS) is 9.67. The molecule has 0 spiro atoms. The molecule has 0 atom stereocenters. The fraction of sp³-hybridized carbons (Fsp3) is 0. The third kappa shape index (κ3) is 545. The van der Waals surface area contributed by atoms with E-state index in [4.69, 9.17) is 35.0 Å². The minimum atomic E-state index is -4.67. The predicted octanol–water partition coefficient (Wildman–Crippen LogP) is -2.65. The van der Waals surface area contributed by atoms with Gasteiger partial charge >= 0.3 is 58.5 Å². The van der Waals surface area contributed by atoms with Crippen molar-refractivity contribution in [3.63, 3.8) is 0 Å². The van der Waals surface area contributed by atoms with E-state index in [2.05, 4.69) is 0 Å². The Morgan fingerprint density at radius 1 is 0.750 bits per heavy atom. The van der Waals surface area contributed by atoms with Crippen LogP contribution < -0.4 is 0 Å². The Balaban J connectivity index is -0.0000000178. The van der Waals surface area contributed by atoms with Gasteiger partial charge in [-0.15, -0.1) is 0 Å². The van der Waals surface area contributed by atoms with Gasteiger partial charge < -0.3 is 2.85 Å². The Labute approximate surface area is 113 Å². The van der Waals surface area contributed by atoms with E-state index in [1.165, 1.54) is 0 Å². The summed E-state index contributed by atoms with van der Waals surface area (Å²) in [7, 11) is -9.33. The molecule has 0 unspecified atom stereocenters. The molecule has 74 valence electrons. The maximum Gasteiger partial charge on any atom is 2.00 e. The summed E-state index contributed by atoms with van der Waals surface area (Å²) < 4.78 is 63.2. The molecule has 8 nitrogen and oxygen atoms in total. The Morgan fingerprint density at radius 3 is 0.750 bits per heavy atom. The van der Waals surface area contributed by atoms with Gasteiger partial charge in [0.1, 0.15) is 0 Å². The van der Waals surface area contributed by atoms with Crippen molar-refractivity contribution in [1.82, 2.24) is 0 Å². The van der Waals surface area contributed by atoms with Crippen LogP contribution in [0.1, 0.15) is 2.85 Å². The summed E-state index contributed by atoms with van der Waals surface area (Å²) in [4.78, 5) is 0. The zero-order valence-corrected chi connectivity index (χ0v) is 8.79. The molecule has 0 fully saturated rings. The van der Waals surface area contributed by atoms with Gasteiger partial charge in [0.25, 0.3) is 0 Å². The van der Waals surface area contributed by atoms with E-state index >= 15 is 0 Å². The first-order chi connectivity index (χ1) is 4.00. The third-order valence-electron chi connectivity index (χ3n) is 0. The van der Waals surface area contributed by atoms with Crippen LogP contribution in [0.3, 0.4) is 0 Å². The van der Waals surface area contributed by atoms with Gasteiger partial charge in [-0.2, -0.15) is 16.8 Å². The Morgan fingerprint density at radius 2 is 0.750 bits per heavy atom. The molecule has 0 aliphatic heterocycles. The fourth-order valence-electron chi connectivity index (χ4n) is 0. The van der Waals surface area contributed by atoms with E-state index in [-0.39, 0.29) is 58.0 Å². The van der Waals surface area contributed by atoms with Crippen LogP contribution in [0.15, 0.2) is 0 Å². The van der Waals surface area contributed by atoms with Crippen LogP contribution in [0.25, 0.3) is 0 Å². The second-order valence-electron chi connectivity index (χ2n) is 0.896. The van der Waals surface area contributed by atoms with Crippen LogP contribution in [0.5, 0.6) is 0 Å². The van der Waals surface area contributed by atoms with Crippen molar-refractivity contribution >= 4 is 75.9 Å². The molecule has 0 aliphatic rings. The molecule has 0 aliphatic carbocycles. The Kier molecular flexibility index (Phi) is 17.7. The fourth-order valence-corrected chi connectivity index (χ4v) is 0. The molecule has 0 amide bonds. The van der Waals surface area contributed by atoms with Crippen molar-refractivity contribution in [3.05, 3.63) is 0 Å². The summed E-state index contributed by atoms with van der Waals surface area (Å²) in [6.07, 6.45) is 0. The predicted molar refractivity (Wildman–Crippen MR) is 46.3 cm³/mol. The van der Waals surface area contributed by atoms with Gasteiger partial charge in [0.15, 0.2) is 17.4 Å². The largest absolute Gasteiger partial charge is 2.00 e. The Hall–Kier alpha value is 1.53. The quantitative estimate of drug-likeness (QED) is 0.275. The van der Waals surface area contributed by atoms with Gasteiger partial charge in [-0.1, -0.05) is 0 Å². The van der Waals surface area contributed by atoms with Gasteiger partial charge in [0.05, 0.1) is 0 Å². The van der Waals surface area contributed by atoms with Gasteiger partial charge in [-0.3, -0.25) is 18.2 Å². The number of hydrogen-bond donors (Lipinski definition) is 4. The first-order valence-electron chi connectivity index (χ1n) is 1.40. The van der Waals surface area contributed by atoms with Crippen LogP contribution in [0, 0.1) is 0 Å².